The maximum atomic E-state index is 10.5. The maximum Gasteiger partial charge on any atom is 0.221 e. The van der Waals surface area contributed by atoms with Gasteiger partial charge < -0.3 is 5.73 Å². The molecule has 1 aromatic rings. The van der Waals surface area contributed by atoms with Crippen molar-refractivity contribution in [1.82, 2.24) is 0 Å². The summed E-state index contributed by atoms with van der Waals surface area (Å²) in [5, 5.41) is 0. The number of hydrogen-bond acceptors (Lipinski definition) is 1. The lowest BCUT2D eigenvalue weighted by atomic mass is 10.2. The number of aromatic nitrogens is 1. The van der Waals surface area contributed by atoms with Gasteiger partial charge in [0.2, 0.25) is 13.0 Å². The van der Waals surface area contributed by atoms with Crippen LogP contribution in [-0.4, -0.2) is 5.91 Å². The number of nitrogens with two attached hydrogens (primary N) is 1. The van der Waals surface area contributed by atoms with Crippen LogP contribution in [0.25, 0.3) is 0 Å². The van der Waals surface area contributed by atoms with E-state index in [1.54, 1.807) is 17.0 Å². The van der Waals surface area contributed by atoms with Gasteiger partial charge in [-0.05, 0) is 5.56 Å². The van der Waals surface area contributed by atoms with Crippen LogP contribution in [-0.2, 0) is 11.2 Å². The van der Waals surface area contributed by atoms with E-state index in [0.717, 1.165) is 5.56 Å². The Bertz CT molecular complexity index is 253. The minimum Gasteiger partial charge on any atom is -0.369 e. The number of primary amides is 1. The molecular formula is C8H10N2O+. The van der Waals surface area contributed by atoms with Gasteiger partial charge in [0.15, 0.2) is 12.4 Å². The second-order valence-electron chi connectivity index (χ2n) is 2.36. The van der Waals surface area contributed by atoms with Crippen molar-refractivity contribution in [3.05, 3.63) is 37.1 Å². The van der Waals surface area contributed by atoms with Crippen LogP contribution in [0.15, 0.2) is 24.5 Å². The highest BCUT2D eigenvalue weighted by Gasteiger charge is 1.98. The van der Waals surface area contributed by atoms with Crippen molar-refractivity contribution in [1.29, 1.82) is 0 Å². The molecule has 1 rings (SSSR count). The Hall–Kier alpha value is -1.38. The standard InChI is InChI=1S/C8H10N2O/c1-10-4-2-7(3-5-10)6-8(9)11/h2-5H,1,6H2,(H2,9,11)/q+1. The summed E-state index contributed by atoms with van der Waals surface area (Å²) in [5.41, 5.74) is 5.92. The zero-order chi connectivity index (χ0) is 8.27. The molecule has 0 aliphatic carbocycles. The Labute approximate surface area is 65.5 Å². The summed E-state index contributed by atoms with van der Waals surface area (Å²) in [4.78, 5) is 10.5. The average molecular weight is 150 g/mol. The first-order valence-electron chi connectivity index (χ1n) is 3.28. The van der Waals surface area contributed by atoms with Crippen molar-refractivity contribution in [3.8, 4) is 0 Å². The molecule has 3 nitrogen and oxygen atoms in total. The minimum absolute atomic E-state index is 0.292. The summed E-state index contributed by atoms with van der Waals surface area (Å²) in [5.74, 6) is -0.313. The summed E-state index contributed by atoms with van der Waals surface area (Å²) in [7, 11) is 3.64. The number of carbonyl (C=O) groups is 1. The molecule has 1 aromatic heterocycles. The van der Waals surface area contributed by atoms with Gasteiger partial charge in [-0.25, -0.2) is 0 Å². The molecule has 0 spiro atoms. The van der Waals surface area contributed by atoms with Gasteiger partial charge in [-0.3, -0.25) is 4.79 Å². The van der Waals surface area contributed by atoms with E-state index in [-0.39, 0.29) is 5.91 Å². The van der Waals surface area contributed by atoms with Gasteiger partial charge in [0.05, 0.1) is 6.42 Å². The first-order valence-corrected chi connectivity index (χ1v) is 3.28. The molecule has 0 unspecified atom stereocenters. The molecule has 1 amide bonds. The molecular weight excluding hydrogens is 140 g/mol. The molecule has 0 atom stereocenters. The van der Waals surface area contributed by atoms with Gasteiger partial charge in [0.25, 0.3) is 0 Å². The van der Waals surface area contributed by atoms with Gasteiger partial charge in [-0.2, -0.15) is 4.57 Å². The largest absolute Gasteiger partial charge is 0.369 e. The van der Waals surface area contributed by atoms with Crippen LogP contribution < -0.4 is 10.3 Å². The second kappa shape index (κ2) is 3.14. The van der Waals surface area contributed by atoms with Gasteiger partial charge in [0, 0.05) is 12.1 Å². The predicted molar refractivity (Wildman–Crippen MR) is 40.3 cm³/mol. The molecule has 0 saturated heterocycles. The lowest BCUT2D eigenvalue weighted by Crippen LogP contribution is -2.24. The molecule has 0 aliphatic rings. The third-order valence-electron chi connectivity index (χ3n) is 1.34. The van der Waals surface area contributed by atoms with E-state index < -0.39 is 0 Å². The lowest BCUT2D eigenvalue weighted by molar-refractivity contribution is -0.612. The van der Waals surface area contributed by atoms with Gasteiger partial charge in [-0.15, -0.1) is 0 Å². The zero-order valence-corrected chi connectivity index (χ0v) is 6.16. The Morgan fingerprint density at radius 2 is 2.09 bits per heavy atom. The quantitative estimate of drug-likeness (QED) is 0.575. The van der Waals surface area contributed by atoms with Crippen LogP contribution in [0.5, 0.6) is 0 Å². The lowest BCUT2D eigenvalue weighted by Gasteiger charge is -1.93. The second-order valence-corrected chi connectivity index (χ2v) is 2.36. The topological polar surface area (TPSA) is 47.0 Å². The first-order chi connectivity index (χ1) is 5.18. The highest BCUT2D eigenvalue weighted by molar-refractivity contribution is 5.76. The molecule has 0 fully saturated rings. The van der Waals surface area contributed by atoms with Gasteiger partial charge in [0.1, 0.15) is 0 Å². The Morgan fingerprint density at radius 1 is 1.55 bits per heavy atom. The number of rotatable bonds is 2. The Morgan fingerprint density at radius 3 is 2.55 bits per heavy atom. The third kappa shape index (κ3) is 2.37. The van der Waals surface area contributed by atoms with Crippen LogP contribution in [0.2, 0.25) is 0 Å². The van der Waals surface area contributed by atoms with Crippen LogP contribution in [0.3, 0.4) is 0 Å². The molecule has 0 bridgehead atoms. The highest BCUT2D eigenvalue weighted by Crippen LogP contribution is 1.94. The van der Waals surface area contributed by atoms with E-state index in [1.807, 2.05) is 12.1 Å². The van der Waals surface area contributed by atoms with E-state index in [2.05, 4.69) is 7.05 Å². The maximum absolute atomic E-state index is 10.5. The molecule has 3 heteroatoms. The highest BCUT2D eigenvalue weighted by atomic mass is 16.1. The fourth-order valence-corrected chi connectivity index (χ4v) is 0.807. The Balaban J connectivity index is 2.74. The number of nitrogens with zero attached hydrogens (tertiary/aromatic N) is 1. The van der Waals surface area contributed by atoms with E-state index in [1.165, 1.54) is 0 Å². The Kier molecular flexibility index (Phi) is 2.21. The van der Waals surface area contributed by atoms with Crippen LogP contribution in [0.1, 0.15) is 5.56 Å². The van der Waals surface area contributed by atoms with Crippen molar-refractivity contribution >= 4 is 5.91 Å². The number of carbonyl (C=O) groups excluding carboxylic acids is 1. The van der Waals surface area contributed by atoms with E-state index in [0.29, 0.717) is 6.42 Å². The molecule has 0 saturated carbocycles. The summed E-state index contributed by atoms with van der Waals surface area (Å²) >= 11 is 0. The molecule has 11 heavy (non-hydrogen) atoms. The van der Waals surface area contributed by atoms with Crippen LogP contribution >= 0.6 is 0 Å². The normalized spacial score (nSPS) is 9.55. The molecule has 2 N–H and O–H groups in total. The zero-order valence-electron chi connectivity index (χ0n) is 6.16. The number of pyridine rings is 1. The fourth-order valence-electron chi connectivity index (χ4n) is 0.807. The smallest absolute Gasteiger partial charge is 0.221 e. The van der Waals surface area contributed by atoms with Crippen LogP contribution in [0, 0.1) is 7.05 Å². The fraction of sp³-hybridized carbons (Fsp3) is 0.125. The van der Waals surface area contributed by atoms with Crippen LogP contribution in [0.4, 0.5) is 0 Å². The average Bonchev–Trinajstić information content (AvgIpc) is 1.93. The van der Waals surface area contributed by atoms with Crippen molar-refractivity contribution in [3.63, 3.8) is 0 Å². The predicted octanol–water partition coefficient (Wildman–Crippen LogP) is -0.358. The van der Waals surface area contributed by atoms with Gasteiger partial charge in [-0.1, -0.05) is 0 Å². The molecule has 1 radical (unpaired) electrons. The summed E-state index contributed by atoms with van der Waals surface area (Å²) < 4.78 is 1.66. The molecule has 57 valence electrons. The molecule has 1 heterocycles. The molecule has 0 aliphatic heterocycles. The monoisotopic (exact) mass is 150 g/mol. The van der Waals surface area contributed by atoms with Crippen molar-refractivity contribution < 1.29 is 9.36 Å². The van der Waals surface area contributed by atoms with Crippen molar-refractivity contribution in [2.24, 2.45) is 5.73 Å². The first kappa shape index (κ1) is 7.72. The van der Waals surface area contributed by atoms with Crippen molar-refractivity contribution in [2.75, 3.05) is 0 Å². The van der Waals surface area contributed by atoms with E-state index >= 15 is 0 Å². The SMILES string of the molecule is [CH2][n+]1ccc(CC(N)=O)cc1. The summed E-state index contributed by atoms with van der Waals surface area (Å²) in [6, 6.07) is 3.63. The minimum atomic E-state index is -0.313. The number of hydrogen-bond donors (Lipinski definition) is 1. The third-order valence-corrected chi connectivity index (χ3v) is 1.34. The van der Waals surface area contributed by atoms with Gasteiger partial charge >= 0.3 is 0 Å². The summed E-state index contributed by atoms with van der Waals surface area (Å²) in [6.07, 6.45) is 3.84. The summed E-state index contributed by atoms with van der Waals surface area (Å²) in [6.45, 7) is 0. The molecule has 0 aromatic carbocycles. The number of amides is 1. The van der Waals surface area contributed by atoms with Crippen molar-refractivity contribution in [2.45, 2.75) is 6.42 Å². The van der Waals surface area contributed by atoms with E-state index in [9.17, 15) is 4.79 Å². The van der Waals surface area contributed by atoms with E-state index in [4.69, 9.17) is 5.73 Å².